The van der Waals surface area contributed by atoms with E-state index >= 15 is 0 Å². The van der Waals surface area contributed by atoms with Gasteiger partial charge in [0.1, 0.15) is 0 Å². The quantitative estimate of drug-likeness (QED) is 0.627. The monoisotopic (exact) mass is 271 g/mol. The molecule has 0 radical (unpaired) electrons. The van der Waals surface area contributed by atoms with Gasteiger partial charge in [-0.15, -0.1) is 0 Å². The molecule has 0 atom stereocenters. The summed E-state index contributed by atoms with van der Waals surface area (Å²) in [6.07, 6.45) is 0. The first kappa shape index (κ1) is 12.9. The van der Waals surface area contributed by atoms with Crippen LogP contribution in [0.1, 0.15) is 56.0 Å². The average molecular weight is 270 g/mol. The van der Waals surface area contributed by atoms with E-state index < -0.39 is 0 Å². The summed E-state index contributed by atoms with van der Waals surface area (Å²) < 4.78 is 3.25. The van der Waals surface area contributed by atoms with Gasteiger partial charge in [0.05, 0.1) is 0 Å². The molecular formula is C14H23Se+. The van der Waals surface area contributed by atoms with Crippen molar-refractivity contribution >= 4 is 14.5 Å². The minimum atomic E-state index is 0.325. The van der Waals surface area contributed by atoms with Crippen molar-refractivity contribution in [1.29, 1.82) is 0 Å². The second kappa shape index (κ2) is 4.03. The first-order valence-corrected chi connectivity index (χ1v) is 7.28. The Kier molecular flexibility index (Phi) is 3.48. The predicted octanol–water partition coefficient (Wildman–Crippen LogP) is 3.93. The fraction of sp³-hybridized carbons (Fsp3) is 0.643. The SMILES string of the molecule is Cc1cc(C(C)(C)C)[se+]c(C(C)(C)C)c1. The van der Waals surface area contributed by atoms with Crippen LogP contribution in [0, 0.1) is 6.92 Å². The Balaban J connectivity index is 3.30. The van der Waals surface area contributed by atoms with Gasteiger partial charge in [-0.25, -0.2) is 0 Å². The van der Waals surface area contributed by atoms with E-state index in [0.717, 1.165) is 0 Å². The molecule has 0 spiro atoms. The van der Waals surface area contributed by atoms with Gasteiger partial charge in [0.2, 0.25) is 0 Å². The molecule has 0 aliphatic rings. The van der Waals surface area contributed by atoms with Crippen molar-refractivity contribution in [2.45, 2.75) is 59.3 Å². The van der Waals surface area contributed by atoms with Crippen molar-refractivity contribution in [1.82, 2.24) is 0 Å². The molecule has 0 saturated carbocycles. The average Bonchev–Trinajstić information content (AvgIpc) is 1.99. The summed E-state index contributed by atoms with van der Waals surface area (Å²) in [5.41, 5.74) is 2.07. The van der Waals surface area contributed by atoms with Gasteiger partial charge in [0, 0.05) is 0 Å². The Morgan fingerprint density at radius 2 is 1.13 bits per heavy atom. The van der Waals surface area contributed by atoms with Crippen molar-refractivity contribution in [3.05, 3.63) is 26.6 Å². The molecule has 0 bridgehead atoms. The second-order valence-corrected chi connectivity index (χ2v) is 8.64. The third-order valence-corrected chi connectivity index (χ3v) is 6.40. The zero-order valence-corrected chi connectivity index (χ0v) is 12.8. The second-order valence-electron chi connectivity index (χ2n) is 6.36. The Hall–Kier alpha value is -0.131. The van der Waals surface area contributed by atoms with E-state index in [1.165, 1.54) is 5.56 Å². The normalized spacial score (nSPS) is 13.0. The zero-order valence-electron chi connectivity index (χ0n) is 11.1. The molecule has 0 aliphatic heterocycles. The fourth-order valence-corrected chi connectivity index (χ4v) is 4.18. The summed E-state index contributed by atoms with van der Waals surface area (Å²) in [7, 11) is 0. The van der Waals surface area contributed by atoms with Gasteiger partial charge in [-0.05, 0) is 0 Å². The molecule has 1 aromatic heterocycles. The van der Waals surface area contributed by atoms with E-state index in [0.29, 0.717) is 25.3 Å². The summed E-state index contributed by atoms with van der Waals surface area (Å²) in [4.78, 5) is 0. The number of hydrogen-bond donors (Lipinski definition) is 0. The molecule has 0 fully saturated rings. The summed E-state index contributed by atoms with van der Waals surface area (Å²) in [6, 6.07) is 4.77. The summed E-state index contributed by atoms with van der Waals surface area (Å²) >= 11 is 0.538. The molecule has 0 saturated heterocycles. The first-order chi connectivity index (χ1) is 6.60. The van der Waals surface area contributed by atoms with Crippen LogP contribution in [0.5, 0.6) is 0 Å². The topological polar surface area (TPSA) is 0 Å². The summed E-state index contributed by atoms with van der Waals surface area (Å²) in [6.45, 7) is 16.1. The number of hydrogen-bond acceptors (Lipinski definition) is 0. The third kappa shape index (κ3) is 3.43. The molecule has 0 amide bonds. The van der Waals surface area contributed by atoms with Crippen LogP contribution in [0.4, 0.5) is 0 Å². The molecule has 0 nitrogen and oxygen atoms in total. The van der Waals surface area contributed by atoms with E-state index in [9.17, 15) is 0 Å². The first-order valence-electron chi connectivity index (χ1n) is 5.56. The van der Waals surface area contributed by atoms with Crippen molar-refractivity contribution in [2.75, 3.05) is 0 Å². The molecule has 84 valence electrons. The van der Waals surface area contributed by atoms with Crippen LogP contribution in [0.3, 0.4) is 0 Å². The molecule has 1 rings (SSSR count). The molecule has 0 aliphatic carbocycles. The summed E-state index contributed by atoms with van der Waals surface area (Å²) in [5, 5.41) is 0. The van der Waals surface area contributed by atoms with Crippen LogP contribution in [0.15, 0.2) is 12.1 Å². The Labute approximate surface area is 100 Å². The molecule has 0 unspecified atom stereocenters. The zero-order chi connectivity index (χ0) is 11.9. The van der Waals surface area contributed by atoms with Crippen LogP contribution in [-0.2, 0) is 10.8 Å². The molecule has 0 aromatic carbocycles. The Bertz CT molecular complexity index is 318. The molecule has 1 heterocycles. The predicted molar refractivity (Wildman–Crippen MR) is 69.9 cm³/mol. The fourth-order valence-electron chi connectivity index (χ4n) is 1.37. The molecule has 15 heavy (non-hydrogen) atoms. The maximum atomic E-state index is 2.38. The van der Waals surface area contributed by atoms with Gasteiger partial charge < -0.3 is 0 Å². The van der Waals surface area contributed by atoms with Crippen molar-refractivity contribution in [2.24, 2.45) is 0 Å². The van der Waals surface area contributed by atoms with E-state index in [4.69, 9.17) is 0 Å². The minimum absolute atomic E-state index is 0.325. The van der Waals surface area contributed by atoms with Crippen LogP contribution in [0.25, 0.3) is 0 Å². The standard InChI is InChI=1S/C14H23Se/c1-10-8-11(13(2,3)4)15-12(9-10)14(5,6)7/h8-9H,1-7H3/q+1. The number of aryl methyl sites for hydroxylation is 1. The Morgan fingerprint density at radius 3 is 1.40 bits per heavy atom. The molecular weight excluding hydrogens is 247 g/mol. The molecule has 1 heteroatoms. The van der Waals surface area contributed by atoms with Crippen molar-refractivity contribution < 1.29 is 0 Å². The van der Waals surface area contributed by atoms with Gasteiger partial charge >= 0.3 is 100 Å². The van der Waals surface area contributed by atoms with Crippen LogP contribution in [0.2, 0.25) is 0 Å². The third-order valence-electron chi connectivity index (χ3n) is 2.42. The van der Waals surface area contributed by atoms with Crippen LogP contribution >= 0.6 is 0 Å². The van der Waals surface area contributed by atoms with Crippen LogP contribution < -0.4 is 0 Å². The maximum absolute atomic E-state index is 2.38. The van der Waals surface area contributed by atoms with Crippen LogP contribution in [-0.4, -0.2) is 14.5 Å². The molecule has 1 aromatic rings. The van der Waals surface area contributed by atoms with Crippen molar-refractivity contribution in [3.8, 4) is 0 Å². The van der Waals surface area contributed by atoms with E-state index in [2.05, 4.69) is 60.6 Å². The van der Waals surface area contributed by atoms with Gasteiger partial charge in [-0.1, -0.05) is 0 Å². The van der Waals surface area contributed by atoms with E-state index in [1.807, 2.05) is 0 Å². The Morgan fingerprint density at radius 1 is 0.800 bits per heavy atom. The van der Waals surface area contributed by atoms with Crippen molar-refractivity contribution in [3.63, 3.8) is 0 Å². The summed E-state index contributed by atoms with van der Waals surface area (Å²) in [5.74, 6) is 0. The van der Waals surface area contributed by atoms with E-state index in [1.54, 1.807) is 8.87 Å². The van der Waals surface area contributed by atoms with Gasteiger partial charge in [0.25, 0.3) is 0 Å². The van der Waals surface area contributed by atoms with Gasteiger partial charge in [0.15, 0.2) is 0 Å². The van der Waals surface area contributed by atoms with Gasteiger partial charge in [-0.2, -0.15) is 0 Å². The molecule has 0 N–H and O–H groups in total. The van der Waals surface area contributed by atoms with Gasteiger partial charge in [-0.3, -0.25) is 0 Å². The van der Waals surface area contributed by atoms with E-state index in [-0.39, 0.29) is 0 Å². The number of rotatable bonds is 0.